The standard InChI is InChI=1S/C14H16N4O3/c1-10(14(20)21)17(2)13(19)9-18-8-12(15-16-18)11-6-4-3-5-7-11/h3-8,10H,9H2,1-2H3,(H,20,21). The van der Waals surface area contributed by atoms with Gasteiger partial charge in [0.2, 0.25) is 5.91 Å². The van der Waals surface area contributed by atoms with E-state index in [1.165, 1.54) is 23.6 Å². The van der Waals surface area contributed by atoms with Gasteiger partial charge in [0.25, 0.3) is 0 Å². The minimum atomic E-state index is -1.05. The van der Waals surface area contributed by atoms with E-state index in [1.54, 1.807) is 6.20 Å². The van der Waals surface area contributed by atoms with Gasteiger partial charge in [0.15, 0.2) is 0 Å². The Morgan fingerprint density at radius 3 is 2.62 bits per heavy atom. The molecule has 0 saturated carbocycles. The van der Waals surface area contributed by atoms with Crippen molar-refractivity contribution in [3.05, 3.63) is 36.5 Å². The molecule has 1 aromatic heterocycles. The van der Waals surface area contributed by atoms with E-state index < -0.39 is 12.0 Å². The Bertz CT molecular complexity index is 639. The molecule has 1 atom stereocenters. The van der Waals surface area contributed by atoms with Gasteiger partial charge in [-0.25, -0.2) is 9.48 Å². The highest BCUT2D eigenvalue weighted by atomic mass is 16.4. The van der Waals surface area contributed by atoms with Crippen molar-refractivity contribution in [1.29, 1.82) is 0 Å². The number of likely N-dealkylation sites (N-methyl/N-ethyl adjacent to an activating group) is 1. The van der Waals surface area contributed by atoms with E-state index in [9.17, 15) is 9.59 Å². The molecule has 110 valence electrons. The number of nitrogens with zero attached hydrogens (tertiary/aromatic N) is 4. The van der Waals surface area contributed by atoms with Crippen molar-refractivity contribution in [3.63, 3.8) is 0 Å². The molecule has 1 unspecified atom stereocenters. The SMILES string of the molecule is CC(C(=O)O)N(C)C(=O)Cn1cc(-c2ccccc2)nn1. The van der Waals surface area contributed by atoms with Crippen LogP contribution in [0.25, 0.3) is 11.3 Å². The molecule has 0 aliphatic rings. The van der Waals surface area contributed by atoms with Crippen molar-refractivity contribution in [2.75, 3.05) is 7.05 Å². The second-order valence-electron chi connectivity index (χ2n) is 4.69. The molecule has 0 spiro atoms. The lowest BCUT2D eigenvalue weighted by atomic mass is 10.2. The maximum absolute atomic E-state index is 12.0. The quantitative estimate of drug-likeness (QED) is 0.882. The van der Waals surface area contributed by atoms with Gasteiger partial charge in [0.1, 0.15) is 18.3 Å². The fourth-order valence-corrected chi connectivity index (χ4v) is 1.75. The smallest absolute Gasteiger partial charge is 0.326 e. The van der Waals surface area contributed by atoms with Crippen molar-refractivity contribution in [2.24, 2.45) is 0 Å². The molecule has 1 amide bonds. The lowest BCUT2D eigenvalue weighted by Crippen LogP contribution is -2.41. The average molecular weight is 288 g/mol. The van der Waals surface area contributed by atoms with Crippen molar-refractivity contribution >= 4 is 11.9 Å². The van der Waals surface area contributed by atoms with Gasteiger partial charge in [-0.05, 0) is 6.92 Å². The van der Waals surface area contributed by atoms with Gasteiger partial charge in [-0.1, -0.05) is 35.5 Å². The van der Waals surface area contributed by atoms with Crippen molar-refractivity contribution in [3.8, 4) is 11.3 Å². The first-order valence-electron chi connectivity index (χ1n) is 6.43. The van der Waals surface area contributed by atoms with Gasteiger partial charge in [-0.3, -0.25) is 4.79 Å². The lowest BCUT2D eigenvalue weighted by molar-refractivity contribution is -0.148. The normalized spacial score (nSPS) is 11.9. The molecule has 1 heterocycles. The third-order valence-electron chi connectivity index (χ3n) is 3.24. The monoisotopic (exact) mass is 288 g/mol. The van der Waals surface area contributed by atoms with Gasteiger partial charge in [0, 0.05) is 12.6 Å². The Morgan fingerprint density at radius 1 is 1.33 bits per heavy atom. The highest BCUT2D eigenvalue weighted by molar-refractivity contribution is 5.83. The predicted molar refractivity (Wildman–Crippen MR) is 75.3 cm³/mol. The van der Waals surface area contributed by atoms with Crippen LogP contribution in [0.2, 0.25) is 0 Å². The molecule has 7 heteroatoms. The first-order chi connectivity index (χ1) is 9.99. The second kappa shape index (κ2) is 6.17. The largest absolute Gasteiger partial charge is 0.480 e. The minimum Gasteiger partial charge on any atom is -0.480 e. The number of hydrogen-bond donors (Lipinski definition) is 1. The van der Waals surface area contributed by atoms with Crippen LogP contribution in [-0.4, -0.2) is 50.0 Å². The number of hydrogen-bond acceptors (Lipinski definition) is 4. The van der Waals surface area contributed by atoms with Crippen LogP contribution in [-0.2, 0) is 16.1 Å². The Hall–Kier alpha value is -2.70. The summed E-state index contributed by atoms with van der Waals surface area (Å²) in [6.07, 6.45) is 1.66. The number of carboxylic acid groups (broad SMARTS) is 1. The minimum absolute atomic E-state index is 0.0477. The zero-order valence-electron chi connectivity index (χ0n) is 11.8. The Kier molecular flexibility index (Phi) is 4.32. The summed E-state index contributed by atoms with van der Waals surface area (Å²) < 4.78 is 1.40. The number of carbonyl (C=O) groups is 2. The van der Waals surface area contributed by atoms with Gasteiger partial charge in [-0.2, -0.15) is 0 Å². The number of amides is 1. The van der Waals surface area contributed by atoms with E-state index in [4.69, 9.17) is 5.11 Å². The third kappa shape index (κ3) is 3.44. The number of benzene rings is 1. The van der Waals surface area contributed by atoms with E-state index in [-0.39, 0.29) is 12.5 Å². The van der Waals surface area contributed by atoms with Crippen LogP contribution in [0.3, 0.4) is 0 Å². The molecular formula is C14H16N4O3. The highest BCUT2D eigenvalue weighted by Crippen LogP contribution is 2.14. The average Bonchev–Trinajstić information content (AvgIpc) is 2.95. The third-order valence-corrected chi connectivity index (χ3v) is 3.24. The molecule has 1 N–H and O–H groups in total. The molecule has 7 nitrogen and oxygen atoms in total. The van der Waals surface area contributed by atoms with Crippen LogP contribution >= 0.6 is 0 Å². The van der Waals surface area contributed by atoms with Crippen LogP contribution < -0.4 is 0 Å². The number of carboxylic acids is 1. The summed E-state index contributed by atoms with van der Waals surface area (Å²) >= 11 is 0. The van der Waals surface area contributed by atoms with Crippen LogP contribution in [0.4, 0.5) is 0 Å². The summed E-state index contributed by atoms with van der Waals surface area (Å²) in [5, 5.41) is 16.8. The molecule has 0 aliphatic carbocycles. The fourth-order valence-electron chi connectivity index (χ4n) is 1.75. The molecular weight excluding hydrogens is 272 g/mol. The molecule has 0 radical (unpaired) electrons. The number of rotatable bonds is 5. The molecule has 0 saturated heterocycles. The van der Waals surface area contributed by atoms with E-state index in [0.29, 0.717) is 5.69 Å². The Balaban J connectivity index is 2.06. The molecule has 0 bridgehead atoms. The van der Waals surface area contributed by atoms with E-state index in [2.05, 4.69) is 10.3 Å². The topological polar surface area (TPSA) is 88.3 Å². The Morgan fingerprint density at radius 2 is 2.00 bits per heavy atom. The van der Waals surface area contributed by atoms with Crippen molar-refractivity contribution in [1.82, 2.24) is 19.9 Å². The molecule has 0 aliphatic heterocycles. The lowest BCUT2D eigenvalue weighted by Gasteiger charge is -2.21. The summed E-state index contributed by atoms with van der Waals surface area (Å²) in [6.45, 7) is 1.41. The summed E-state index contributed by atoms with van der Waals surface area (Å²) in [5.41, 5.74) is 1.57. The molecule has 1 aromatic carbocycles. The zero-order valence-corrected chi connectivity index (χ0v) is 11.8. The molecule has 2 rings (SSSR count). The van der Waals surface area contributed by atoms with E-state index in [0.717, 1.165) is 5.56 Å². The first kappa shape index (κ1) is 14.7. The summed E-state index contributed by atoms with van der Waals surface area (Å²) in [4.78, 5) is 24.0. The fraction of sp³-hybridized carbons (Fsp3) is 0.286. The zero-order chi connectivity index (χ0) is 15.4. The number of aromatic nitrogens is 3. The van der Waals surface area contributed by atoms with Crippen LogP contribution in [0.15, 0.2) is 36.5 Å². The second-order valence-corrected chi connectivity index (χ2v) is 4.69. The van der Waals surface area contributed by atoms with Crippen LogP contribution in [0, 0.1) is 0 Å². The molecule has 2 aromatic rings. The van der Waals surface area contributed by atoms with E-state index in [1.807, 2.05) is 30.3 Å². The van der Waals surface area contributed by atoms with Crippen LogP contribution in [0.5, 0.6) is 0 Å². The predicted octanol–water partition coefficient (Wildman–Crippen LogP) is 0.877. The molecule has 0 fully saturated rings. The summed E-state index contributed by atoms with van der Waals surface area (Å²) in [5.74, 6) is -1.39. The van der Waals surface area contributed by atoms with Gasteiger partial charge in [-0.15, -0.1) is 5.10 Å². The van der Waals surface area contributed by atoms with E-state index >= 15 is 0 Å². The Labute approximate surface area is 121 Å². The van der Waals surface area contributed by atoms with Gasteiger partial charge >= 0.3 is 5.97 Å². The highest BCUT2D eigenvalue weighted by Gasteiger charge is 2.22. The van der Waals surface area contributed by atoms with Gasteiger partial charge < -0.3 is 10.0 Å². The summed E-state index contributed by atoms with van der Waals surface area (Å²) in [6, 6.07) is 8.60. The number of aliphatic carboxylic acids is 1. The van der Waals surface area contributed by atoms with Crippen LogP contribution in [0.1, 0.15) is 6.92 Å². The summed E-state index contributed by atoms with van der Waals surface area (Å²) in [7, 11) is 1.45. The first-order valence-corrected chi connectivity index (χ1v) is 6.43. The van der Waals surface area contributed by atoms with Crippen molar-refractivity contribution < 1.29 is 14.7 Å². The number of carbonyl (C=O) groups excluding carboxylic acids is 1. The van der Waals surface area contributed by atoms with Crippen molar-refractivity contribution in [2.45, 2.75) is 19.5 Å². The van der Waals surface area contributed by atoms with Gasteiger partial charge in [0.05, 0.1) is 6.20 Å². The molecule has 21 heavy (non-hydrogen) atoms. The maximum atomic E-state index is 12.0. The maximum Gasteiger partial charge on any atom is 0.326 e.